The highest BCUT2D eigenvalue weighted by molar-refractivity contribution is 7.98. The lowest BCUT2D eigenvalue weighted by Gasteiger charge is -2.45. The highest BCUT2D eigenvalue weighted by Crippen LogP contribution is 2.42. The molecule has 2 saturated heterocycles. The van der Waals surface area contributed by atoms with Gasteiger partial charge in [-0.15, -0.1) is 11.8 Å². The Bertz CT molecular complexity index is 731. The Morgan fingerprint density at radius 1 is 1.27 bits per heavy atom. The Balaban J connectivity index is 1.69. The highest BCUT2D eigenvalue weighted by atomic mass is 32.2. The van der Waals surface area contributed by atoms with Gasteiger partial charge in [-0.25, -0.2) is 4.79 Å². The molecule has 0 bridgehead atoms. The minimum atomic E-state index is -0.936. The first-order chi connectivity index (χ1) is 12.4. The van der Waals surface area contributed by atoms with Crippen LogP contribution in [0.25, 0.3) is 0 Å². The van der Waals surface area contributed by atoms with Crippen LogP contribution in [0.15, 0.2) is 29.2 Å². The lowest BCUT2D eigenvalue weighted by Crippen LogP contribution is -2.57. The number of anilines is 1. The number of carbonyl (C=O) groups is 3. The predicted octanol–water partition coefficient (Wildman–Crippen LogP) is 2.34. The third-order valence-electron chi connectivity index (χ3n) is 5.63. The summed E-state index contributed by atoms with van der Waals surface area (Å²) in [6.45, 7) is 0.851. The van der Waals surface area contributed by atoms with Gasteiger partial charge in [-0.05, 0) is 31.2 Å². The molecule has 140 valence electrons. The summed E-state index contributed by atoms with van der Waals surface area (Å²) >= 11 is 1.56. The van der Waals surface area contributed by atoms with E-state index in [9.17, 15) is 19.5 Å². The zero-order chi connectivity index (χ0) is 18.9. The molecule has 26 heavy (non-hydrogen) atoms. The zero-order valence-corrected chi connectivity index (χ0v) is 15.7. The summed E-state index contributed by atoms with van der Waals surface area (Å²) in [6, 6.07) is 7.41. The van der Waals surface area contributed by atoms with Crippen LogP contribution in [0.1, 0.15) is 19.3 Å². The summed E-state index contributed by atoms with van der Waals surface area (Å²) in [5.74, 6) is -1.78. The molecule has 8 heteroatoms. The van der Waals surface area contributed by atoms with Gasteiger partial charge in [0.15, 0.2) is 0 Å². The van der Waals surface area contributed by atoms with Crippen LogP contribution in [0.4, 0.5) is 10.5 Å². The molecular formula is C18H23N3O4S. The number of piperidine rings is 1. The molecule has 1 aromatic rings. The van der Waals surface area contributed by atoms with Crippen molar-refractivity contribution in [1.82, 2.24) is 9.80 Å². The molecule has 2 aliphatic heterocycles. The highest BCUT2D eigenvalue weighted by Gasteiger charge is 2.55. The number of carboxylic acid groups (broad SMARTS) is 1. The number of thioether (sulfide) groups is 1. The van der Waals surface area contributed by atoms with Crippen molar-refractivity contribution in [3.63, 3.8) is 0 Å². The standard InChI is InChI=1S/C18H23N3O4S/c1-20-15(22)11-12(16(23)24)18(20)7-9-21(10-8-18)17(25)19-13-5-3-4-6-14(13)26-2/h3-6,12H,7-11H2,1-2H3,(H,19,25)(H,23,24)/t12-/m0/s1. The van der Waals surface area contributed by atoms with Crippen LogP contribution >= 0.6 is 11.8 Å². The van der Waals surface area contributed by atoms with Crippen molar-refractivity contribution < 1.29 is 19.5 Å². The van der Waals surface area contributed by atoms with Crippen LogP contribution in [-0.2, 0) is 9.59 Å². The molecule has 3 rings (SSSR count). The summed E-state index contributed by atoms with van der Waals surface area (Å²) in [4.78, 5) is 40.6. The quantitative estimate of drug-likeness (QED) is 0.789. The molecule has 0 unspecified atom stereocenters. The average molecular weight is 377 g/mol. The van der Waals surface area contributed by atoms with Crippen molar-refractivity contribution >= 4 is 35.4 Å². The van der Waals surface area contributed by atoms with Crippen LogP contribution in [-0.4, -0.2) is 64.7 Å². The molecule has 0 radical (unpaired) electrons. The molecule has 1 aromatic carbocycles. The molecule has 1 spiro atoms. The topological polar surface area (TPSA) is 90.0 Å². The fourth-order valence-corrected chi connectivity index (χ4v) is 4.58. The van der Waals surface area contributed by atoms with Gasteiger partial charge in [-0.3, -0.25) is 9.59 Å². The van der Waals surface area contributed by atoms with E-state index in [4.69, 9.17) is 0 Å². The molecule has 2 heterocycles. The predicted molar refractivity (Wildman–Crippen MR) is 99.3 cm³/mol. The molecular weight excluding hydrogens is 354 g/mol. The summed E-state index contributed by atoms with van der Waals surface area (Å²) in [6.07, 6.45) is 2.95. The Morgan fingerprint density at radius 2 is 1.92 bits per heavy atom. The normalized spacial score (nSPS) is 21.9. The van der Waals surface area contributed by atoms with Crippen LogP contribution in [0, 0.1) is 5.92 Å². The number of amides is 3. The third-order valence-corrected chi connectivity index (χ3v) is 6.43. The number of likely N-dealkylation sites (tertiary alicyclic amines) is 2. The summed E-state index contributed by atoms with van der Waals surface area (Å²) in [5, 5.41) is 12.5. The fraction of sp³-hybridized carbons (Fsp3) is 0.500. The van der Waals surface area contributed by atoms with Crippen LogP contribution in [0.2, 0.25) is 0 Å². The van der Waals surface area contributed by atoms with Gasteiger partial charge in [0.1, 0.15) is 0 Å². The number of hydrogen-bond donors (Lipinski definition) is 2. The van der Waals surface area contributed by atoms with Crippen molar-refractivity contribution in [2.75, 3.05) is 31.7 Å². The van der Waals surface area contributed by atoms with E-state index in [1.54, 1.807) is 28.6 Å². The Kier molecular flexibility index (Phi) is 5.13. The van der Waals surface area contributed by atoms with E-state index >= 15 is 0 Å². The first kappa shape index (κ1) is 18.6. The maximum atomic E-state index is 12.6. The van der Waals surface area contributed by atoms with Crippen molar-refractivity contribution in [3.8, 4) is 0 Å². The minimum Gasteiger partial charge on any atom is -0.481 e. The maximum absolute atomic E-state index is 12.6. The lowest BCUT2D eigenvalue weighted by atomic mass is 9.77. The molecule has 2 fully saturated rings. The second kappa shape index (κ2) is 7.19. The zero-order valence-electron chi connectivity index (χ0n) is 14.9. The Labute approximate surface area is 156 Å². The third kappa shape index (κ3) is 3.13. The summed E-state index contributed by atoms with van der Waals surface area (Å²) in [7, 11) is 1.68. The average Bonchev–Trinajstić information content (AvgIpc) is 2.88. The molecule has 2 N–H and O–H groups in total. The largest absolute Gasteiger partial charge is 0.481 e. The van der Waals surface area contributed by atoms with E-state index in [1.807, 2.05) is 30.5 Å². The van der Waals surface area contributed by atoms with Crippen molar-refractivity contribution in [1.29, 1.82) is 0 Å². The Morgan fingerprint density at radius 3 is 2.54 bits per heavy atom. The first-order valence-electron chi connectivity index (χ1n) is 8.57. The monoisotopic (exact) mass is 377 g/mol. The van der Waals surface area contributed by atoms with E-state index < -0.39 is 17.4 Å². The summed E-state index contributed by atoms with van der Waals surface area (Å²) in [5.41, 5.74) is 0.0820. The number of aliphatic carboxylic acids is 1. The van der Waals surface area contributed by atoms with Gasteiger partial charge in [-0.2, -0.15) is 0 Å². The number of urea groups is 1. The van der Waals surface area contributed by atoms with E-state index in [0.29, 0.717) is 25.9 Å². The number of benzene rings is 1. The van der Waals surface area contributed by atoms with Gasteiger partial charge in [0.25, 0.3) is 0 Å². The number of carbonyl (C=O) groups excluding carboxylic acids is 2. The lowest BCUT2D eigenvalue weighted by molar-refractivity contribution is -0.145. The van der Waals surface area contributed by atoms with Gasteiger partial charge < -0.3 is 20.2 Å². The molecule has 0 aromatic heterocycles. The van der Waals surface area contributed by atoms with Crippen molar-refractivity contribution in [2.45, 2.75) is 29.7 Å². The molecule has 0 aliphatic carbocycles. The van der Waals surface area contributed by atoms with E-state index in [0.717, 1.165) is 10.6 Å². The Hall–Kier alpha value is -2.22. The number of carboxylic acids is 1. The second-order valence-corrected chi connectivity index (χ2v) is 7.62. The number of nitrogens with one attached hydrogen (secondary N) is 1. The van der Waals surface area contributed by atoms with Crippen molar-refractivity contribution in [3.05, 3.63) is 24.3 Å². The van der Waals surface area contributed by atoms with Gasteiger partial charge >= 0.3 is 12.0 Å². The minimum absolute atomic E-state index is 0.0408. The van der Waals surface area contributed by atoms with Gasteiger partial charge in [0.05, 0.1) is 17.1 Å². The maximum Gasteiger partial charge on any atom is 0.321 e. The van der Waals surface area contributed by atoms with Gasteiger partial charge in [0.2, 0.25) is 5.91 Å². The van der Waals surface area contributed by atoms with Crippen LogP contribution in [0.3, 0.4) is 0 Å². The SMILES string of the molecule is CSc1ccccc1NC(=O)N1CCC2(CC1)[C@H](C(=O)O)CC(=O)N2C. The van der Waals surface area contributed by atoms with Crippen LogP contribution < -0.4 is 5.32 Å². The number of hydrogen-bond acceptors (Lipinski definition) is 4. The van der Waals surface area contributed by atoms with Crippen LogP contribution in [0.5, 0.6) is 0 Å². The van der Waals surface area contributed by atoms with Crippen molar-refractivity contribution in [2.24, 2.45) is 5.92 Å². The molecule has 1 atom stereocenters. The number of rotatable bonds is 3. The summed E-state index contributed by atoms with van der Waals surface area (Å²) < 4.78 is 0. The number of nitrogens with zero attached hydrogens (tertiary/aromatic N) is 2. The van der Waals surface area contributed by atoms with E-state index in [2.05, 4.69) is 5.32 Å². The van der Waals surface area contributed by atoms with Gasteiger partial charge in [0, 0.05) is 31.5 Å². The van der Waals surface area contributed by atoms with E-state index in [1.165, 1.54) is 0 Å². The second-order valence-electron chi connectivity index (χ2n) is 6.77. The van der Waals surface area contributed by atoms with Gasteiger partial charge in [-0.1, -0.05) is 12.1 Å². The molecule has 7 nitrogen and oxygen atoms in total. The number of para-hydroxylation sites is 1. The van der Waals surface area contributed by atoms with E-state index in [-0.39, 0.29) is 18.4 Å². The molecule has 2 aliphatic rings. The molecule has 3 amide bonds. The smallest absolute Gasteiger partial charge is 0.321 e. The fourth-order valence-electron chi connectivity index (χ4n) is 4.02. The first-order valence-corrected chi connectivity index (χ1v) is 9.80. The molecule has 0 saturated carbocycles.